The number of aromatic amines is 2. The highest BCUT2D eigenvalue weighted by Gasteiger charge is 1.76. The molecule has 34 heteroatoms. The molecule has 0 saturated heterocycles. The van der Waals surface area contributed by atoms with Crippen LogP contribution in [0.15, 0.2) is 251 Å². The summed E-state index contributed by atoms with van der Waals surface area (Å²) in [6.07, 6.45) is 40.9. The molecule has 0 aliphatic rings. The number of aromatic nitrogens is 25. The fourth-order valence-electron chi connectivity index (χ4n) is 2.54. The number of pyridine rings is 1. The van der Waals surface area contributed by atoms with E-state index in [-0.39, 0.29) is 0 Å². The van der Waals surface area contributed by atoms with Crippen LogP contribution in [0, 0.1) is 82.9 Å². The van der Waals surface area contributed by atoms with E-state index < -0.39 is 0 Å². The van der Waals surface area contributed by atoms with E-state index in [0.29, 0.717) is 0 Å². The van der Waals surface area contributed by atoms with Gasteiger partial charge in [-0.3, -0.25) is 15.1 Å². The quantitative estimate of drug-likeness (QED) is 0.142. The Balaban J connectivity index is -0.0000000887. The smallest absolute Gasteiger partial charge is 0.213 e. The van der Waals surface area contributed by atoms with Crippen LogP contribution in [0.1, 0.15) is 291 Å². The van der Waals surface area contributed by atoms with Gasteiger partial charge in [-0.05, 0) is 148 Å². The Morgan fingerprint density at radius 3 is 0.791 bits per heavy atom. The fraction of sp³-hybridized carbons (Fsp3) is 0.589. The van der Waals surface area contributed by atoms with Gasteiger partial charge >= 0.3 is 0 Å². The molecule has 14 aromatic rings. The number of thiazole rings is 1. The Labute approximate surface area is 810 Å². The summed E-state index contributed by atoms with van der Waals surface area (Å²) in [6, 6.07) is 11.2. The van der Waals surface area contributed by atoms with Crippen molar-refractivity contribution >= 4 is 69.0 Å². The van der Waals surface area contributed by atoms with Crippen LogP contribution in [0.5, 0.6) is 0 Å². The molecule has 0 unspecified atom stereocenters. The number of hydrogen-bond acceptors (Lipinski definition) is 32. The first-order valence-corrected chi connectivity index (χ1v) is 48.5. The predicted molar refractivity (Wildman–Crippen MR) is 559 cm³/mol. The summed E-state index contributed by atoms with van der Waals surface area (Å²) < 4.78 is 31.3. The van der Waals surface area contributed by atoms with Gasteiger partial charge in [-0.2, -0.15) is 18.2 Å². The Morgan fingerprint density at radius 1 is 0.240 bits per heavy atom. The molecule has 0 radical (unpaired) electrons. The van der Waals surface area contributed by atoms with Crippen molar-refractivity contribution in [1.82, 2.24) is 123 Å². The van der Waals surface area contributed by atoms with E-state index in [4.69, 9.17) is 0 Å². The normalized spacial score (nSPS) is 8.43. The van der Waals surface area contributed by atoms with E-state index in [9.17, 15) is 0 Å². The highest BCUT2D eigenvalue weighted by molar-refractivity contribution is 7.07. The molecule has 0 bridgehead atoms. The molecule has 129 heavy (non-hydrogen) atoms. The molecule has 28 nitrogen and oxygen atoms in total. The lowest BCUT2D eigenvalue weighted by Gasteiger charge is -1.79. The SMILES string of the molecule is CC(C)C.CC(C)C.CC(C)C.CC(C)C.CC(C)C.CC(C)C.CC(C)C.CC(C)C.CC(C)C.CC(C)C.CC(C)C.CC(C)C.CC(C)C.CC(C)C.c1c[nH]cn1.c1ccncc1.c1cn[nH]c1.c1cncnc1.c1cnsc1.c1cnsn1.c1cocn1.c1cscn1.c1csnn1.c1ncncn1.c1ncon1.c1ncsn1.c1nnco1.c1nncs1. The first-order chi connectivity index (χ1) is 60.7. The van der Waals surface area contributed by atoms with Gasteiger partial charge in [0, 0.05) is 78.1 Å². The third kappa shape index (κ3) is 399. The average Bonchev–Trinajstić information content (AvgIpc) is 2.02. The molecule has 14 rings (SSSR count). The first-order valence-electron chi connectivity index (χ1n) is 43.4. The lowest BCUT2D eigenvalue weighted by molar-refractivity contribution is 0.416. The molecular formula is C95H181N25O3S6. The van der Waals surface area contributed by atoms with Gasteiger partial charge in [-0.1, -0.05) is 307 Å². The summed E-state index contributed by atoms with van der Waals surface area (Å²) in [6.45, 7) is 91.0. The highest BCUT2D eigenvalue weighted by atomic mass is 32.1. The second-order valence-corrected chi connectivity index (χ2v) is 38.0. The molecular weight excluding hydrogens is 1730 g/mol. The summed E-state index contributed by atoms with van der Waals surface area (Å²) in [7, 11) is 0. The monoisotopic (exact) mass is 1910 g/mol. The van der Waals surface area contributed by atoms with Crippen LogP contribution in [0.25, 0.3) is 0 Å². The third-order valence-corrected chi connectivity index (χ3v) is 7.77. The number of H-pyrrole nitrogens is 2. The zero-order chi connectivity index (χ0) is 102. The molecule has 740 valence electrons. The Hall–Kier alpha value is -9.35. The maximum atomic E-state index is 4.47. The number of hydrogen-bond donors (Lipinski definition) is 2. The lowest BCUT2D eigenvalue weighted by atomic mass is 10.3. The number of nitrogens with zero attached hydrogens (tertiary/aromatic N) is 23. The second kappa shape index (κ2) is 147. The van der Waals surface area contributed by atoms with Gasteiger partial charge in [-0.25, -0.2) is 49.2 Å². The third-order valence-electron chi connectivity index (χ3n) is 4.99. The number of nitrogens with one attached hydrogen (secondary N) is 2. The Kier molecular flexibility index (Phi) is 172. The minimum Gasteiger partial charge on any atom is -0.452 e. The molecule has 2 N–H and O–H groups in total. The second-order valence-electron chi connectivity index (χ2n) is 34.0. The van der Waals surface area contributed by atoms with E-state index in [1.807, 2.05) is 46.5 Å². The van der Waals surface area contributed by atoms with E-state index in [0.717, 1.165) is 82.9 Å². The van der Waals surface area contributed by atoms with Crippen molar-refractivity contribution in [1.29, 1.82) is 0 Å². The minimum atomic E-state index is 0.833. The molecule has 0 saturated carbocycles. The van der Waals surface area contributed by atoms with Gasteiger partial charge in [0.1, 0.15) is 54.4 Å². The minimum absolute atomic E-state index is 0.833. The maximum Gasteiger partial charge on any atom is 0.213 e. The van der Waals surface area contributed by atoms with E-state index in [1.165, 1.54) is 127 Å². The molecule has 0 atom stereocenters. The van der Waals surface area contributed by atoms with Crippen LogP contribution >= 0.6 is 69.0 Å². The van der Waals surface area contributed by atoms with Gasteiger partial charge in [0.05, 0.1) is 48.4 Å². The molecule has 0 aromatic carbocycles. The van der Waals surface area contributed by atoms with Crippen molar-refractivity contribution in [2.24, 2.45) is 82.9 Å². The zero-order valence-electron chi connectivity index (χ0n) is 87.6. The van der Waals surface area contributed by atoms with E-state index in [1.54, 1.807) is 133 Å². The number of imidazole rings is 1. The first kappa shape index (κ1) is 151. The van der Waals surface area contributed by atoms with Crippen LogP contribution in [0.4, 0.5) is 0 Å². The van der Waals surface area contributed by atoms with Crippen LogP contribution in [0.3, 0.4) is 0 Å². The Morgan fingerprint density at radius 2 is 0.682 bits per heavy atom. The van der Waals surface area contributed by atoms with Crippen LogP contribution in [0.2, 0.25) is 0 Å². The van der Waals surface area contributed by atoms with Crippen molar-refractivity contribution in [3.8, 4) is 0 Å². The predicted octanol–water partition coefficient (Wildman–Crippen LogP) is 30.8. The van der Waals surface area contributed by atoms with E-state index >= 15 is 0 Å². The van der Waals surface area contributed by atoms with Gasteiger partial charge in [0.2, 0.25) is 19.2 Å². The van der Waals surface area contributed by atoms with Gasteiger partial charge < -0.3 is 18.3 Å². The van der Waals surface area contributed by atoms with Crippen LogP contribution in [-0.2, 0) is 0 Å². The molecule has 0 amide bonds. The van der Waals surface area contributed by atoms with Crippen LogP contribution in [-0.4, -0.2) is 123 Å². The molecule has 0 aliphatic heterocycles. The van der Waals surface area contributed by atoms with E-state index in [2.05, 4.69) is 427 Å². The summed E-state index contributed by atoms with van der Waals surface area (Å²) in [5.41, 5.74) is 6.83. The maximum absolute atomic E-state index is 4.47. The lowest BCUT2D eigenvalue weighted by Crippen LogP contribution is -1.73. The van der Waals surface area contributed by atoms with Crippen molar-refractivity contribution < 1.29 is 13.4 Å². The van der Waals surface area contributed by atoms with Crippen molar-refractivity contribution in [2.75, 3.05) is 0 Å². The molecule has 0 aliphatic carbocycles. The molecule has 0 fully saturated rings. The van der Waals surface area contributed by atoms with Crippen molar-refractivity contribution in [3.05, 3.63) is 237 Å². The fourth-order valence-corrected chi connectivity index (χ4v) is 4.34. The highest BCUT2D eigenvalue weighted by Crippen LogP contribution is 1.90. The summed E-state index contributed by atoms with van der Waals surface area (Å²) in [4.78, 5) is 42.6. The number of rotatable bonds is 0. The topological polar surface area (TPSA) is 367 Å². The van der Waals surface area contributed by atoms with Gasteiger partial charge in [0.25, 0.3) is 0 Å². The summed E-state index contributed by atoms with van der Waals surface area (Å²) in [5, 5.41) is 32.2. The largest absolute Gasteiger partial charge is 0.452 e. The van der Waals surface area contributed by atoms with Crippen molar-refractivity contribution in [2.45, 2.75) is 291 Å². The molecule has 14 heterocycles. The molecule has 0 spiro atoms. The Bertz CT molecular complexity index is 2410. The average molecular weight is 1910 g/mol. The van der Waals surface area contributed by atoms with Gasteiger partial charge in [0.15, 0.2) is 12.7 Å². The van der Waals surface area contributed by atoms with Crippen molar-refractivity contribution in [3.63, 3.8) is 0 Å². The summed E-state index contributed by atoms with van der Waals surface area (Å²) >= 11 is 8.47. The zero-order valence-corrected chi connectivity index (χ0v) is 92.5. The summed E-state index contributed by atoms with van der Waals surface area (Å²) in [5.74, 6) is 11.7. The van der Waals surface area contributed by atoms with Gasteiger partial charge in [-0.15, -0.1) is 48.2 Å². The standard InChI is InChI=1S/C5H5N.C4H4N2.14C4H10.C3H3N3.2C3H4N2.C3H3NO.2C3H3NS.2C2H2N2O.4C2H2N2S/c1-2-4-6-5-3-1;1-2-5-4-6-3-1;14*1-4(2)3;1-4-2-6-3-5-1;1-2-5-3-4-1;1-2-4-5-3-1;2*1-2-5-3-4-1;1-2-4-5-3-1;1-3-4-2-5-1;1-3-2-5-4-1;1-3-4-2-5-1;1-3-2-5-4-1;1-2-5-4-3-1;1-2-4-5-3-1/h1-5H;1-4H;14*4H,1-3H3;1-3H;2*1-3H,(H,4,5);3*1-3H;6*1-2H. The number of oxazole rings is 1. The van der Waals surface area contributed by atoms with Crippen LogP contribution < -0.4 is 0 Å². The molecule has 14 aromatic heterocycles.